The van der Waals surface area contributed by atoms with Gasteiger partial charge < -0.3 is 15.6 Å². The van der Waals surface area contributed by atoms with Crippen molar-refractivity contribution >= 4 is 52.2 Å². The number of halogens is 2. The smallest absolute Gasteiger partial charge is 0.234 e. The number of amides is 2. The maximum atomic E-state index is 13.1. The van der Waals surface area contributed by atoms with Gasteiger partial charge in [-0.05, 0) is 29.6 Å². The first-order chi connectivity index (χ1) is 13.4. The number of aromatic nitrogens is 3. The van der Waals surface area contributed by atoms with Crippen molar-refractivity contribution in [3.8, 4) is 10.7 Å². The standard InChI is InChI=1S/C17H15ClFN5O2S2/c18-11-8-10(19)3-4-12(11)21-15(26)9-28-17-23-22-16(13-2-1-7-27-13)24(17)6-5-14(20)25/h1-4,7-8H,5-6,9H2,(H2,20,25)(H,21,26). The molecule has 0 aliphatic carbocycles. The Bertz CT molecular complexity index is 994. The average Bonchev–Trinajstić information content (AvgIpc) is 3.29. The molecule has 2 aromatic heterocycles. The summed E-state index contributed by atoms with van der Waals surface area (Å²) in [6, 6.07) is 7.51. The number of benzene rings is 1. The van der Waals surface area contributed by atoms with Gasteiger partial charge in [0.05, 0.1) is 21.3 Å². The third kappa shape index (κ3) is 5.09. The summed E-state index contributed by atoms with van der Waals surface area (Å²) in [5.41, 5.74) is 5.58. The number of thioether (sulfide) groups is 1. The summed E-state index contributed by atoms with van der Waals surface area (Å²) < 4.78 is 14.9. The normalized spacial score (nSPS) is 10.8. The third-order valence-electron chi connectivity index (χ3n) is 3.58. The lowest BCUT2D eigenvalue weighted by atomic mass is 10.3. The number of anilines is 1. The van der Waals surface area contributed by atoms with Gasteiger partial charge in [0.15, 0.2) is 11.0 Å². The number of nitrogens with one attached hydrogen (secondary N) is 1. The zero-order valence-corrected chi connectivity index (χ0v) is 16.8. The first-order valence-corrected chi connectivity index (χ1v) is 10.3. The number of carbonyl (C=O) groups excluding carboxylic acids is 2. The van der Waals surface area contributed by atoms with Gasteiger partial charge in [0, 0.05) is 13.0 Å². The van der Waals surface area contributed by atoms with E-state index < -0.39 is 11.7 Å². The number of hydrogen-bond donors (Lipinski definition) is 2. The van der Waals surface area contributed by atoms with Crippen molar-refractivity contribution in [2.75, 3.05) is 11.1 Å². The summed E-state index contributed by atoms with van der Waals surface area (Å²) in [6.45, 7) is 0.309. The van der Waals surface area contributed by atoms with E-state index in [9.17, 15) is 14.0 Å². The lowest BCUT2D eigenvalue weighted by molar-refractivity contribution is -0.118. The molecule has 0 aliphatic heterocycles. The molecule has 7 nitrogen and oxygen atoms in total. The predicted molar refractivity (Wildman–Crippen MR) is 108 cm³/mol. The molecule has 146 valence electrons. The number of nitrogens with two attached hydrogens (primary N) is 1. The van der Waals surface area contributed by atoms with Crippen LogP contribution in [0, 0.1) is 5.82 Å². The van der Waals surface area contributed by atoms with Crippen molar-refractivity contribution in [3.05, 3.63) is 46.6 Å². The summed E-state index contributed by atoms with van der Waals surface area (Å²) in [7, 11) is 0. The van der Waals surface area contributed by atoms with Crippen LogP contribution in [0.25, 0.3) is 10.7 Å². The molecular formula is C17H15ClFN5O2S2. The molecule has 0 spiro atoms. The molecule has 0 atom stereocenters. The molecule has 2 heterocycles. The van der Waals surface area contributed by atoms with Gasteiger partial charge in [0.2, 0.25) is 11.8 Å². The number of rotatable bonds is 8. The van der Waals surface area contributed by atoms with Crippen LogP contribution in [0.15, 0.2) is 40.9 Å². The van der Waals surface area contributed by atoms with Crippen LogP contribution in [0.4, 0.5) is 10.1 Å². The molecule has 1 aromatic carbocycles. The van der Waals surface area contributed by atoms with Crippen LogP contribution in [0.5, 0.6) is 0 Å². The highest BCUT2D eigenvalue weighted by Gasteiger charge is 2.17. The van der Waals surface area contributed by atoms with Gasteiger partial charge in [-0.1, -0.05) is 29.4 Å². The Morgan fingerprint density at radius 2 is 2.14 bits per heavy atom. The lowest BCUT2D eigenvalue weighted by Gasteiger charge is -2.09. The number of primary amides is 1. The number of nitrogens with zero attached hydrogens (tertiary/aromatic N) is 3. The molecule has 3 N–H and O–H groups in total. The van der Waals surface area contributed by atoms with Crippen LogP contribution in [-0.4, -0.2) is 32.3 Å². The Kier molecular flexibility index (Phi) is 6.65. The molecule has 0 saturated heterocycles. The minimum Gasteiger partial charge on any atom is -0.370 e. The average molecular weight is 440 g/mol. The summed E-state index contributed by atoms with van der Waals surface area (Å²) >= 11 is 8.58. The molecule has 0 bridgehead atoms. The Hall–Kier alpha value is -2.43. The molecule has 0 radical (unpaired) electrons. The van der Waals surface area contributed by atoms with Gasteiger partial charge in [0.25, 0.3) is 0 Å². The summed E-state index contributed by atoms with van der Waals surface area (Å²) in [5.74, 6) is -0.611. The van der Waals surface area contributed by atoms with Gasteiger partial charge in [-0.25, -0.2) is 4.39 Å². The van der Waals surface area contributed by atoms with Crippen LogP contribution in [0.3, 0.4) is 0 Å². The van der Waals surface area contributed by atoms with Crippen molar-refractivity contribution in [1.29, 1.82) is 0 Å². The van der Waals surface area contributed by atoms with E-state index in [1.807, 2.05) is 17.5 Å². The van der Waals surface area contributed by atoms with E-state index in [1.54, 1.807) is 4.57 Å². The van der Waals surface area contributed by atoms with Crippen molar-refractivity contribution < 1.29 is 14.0 Å². The van der Waals surface area contributed by atoms with Crippen LogP contribution >= 0.6 is 34.7 Å². The summed E-state index contributed by atoms with van der Waals surface area (Å²) in [6.07, 6.45) is 0.126. The SMILES string of the molecule is NC(=O)CCn1c(SCC(=O)Nc2ccc(F)cc2Cl)nnc1-c1cccs1. The lowest BCUT2D eigenvalue weighted by Crippen LogP contribution is -2.16. The zero-order valence-electron chi connectivity index (χ0n) is 14.4. The highest BCUT2D eigenvalue weighted by Crippen LogP contribution is 2.28. The number of thiophene rings is 1. The van der Waals surface area contributed by atoms with Crippen LogP contribution in [0.1, 0.15) is 6.42 Å². The molecular weight excluding hydrogens is 425 g/mol. The molecule has 28 heavy (non-hydrogen) atoms. The van der Waals surface area contributed by atoms with Gasteiger partial charge in [-0.3, -0.25) is 9.59 Å². The van der Waals surface area contributed by atoms with Crippen molar-refractivity contribution in [2.24, 2.45) is 5.73 Å². The fourth-order valence-corrected chi connectivity index (χ4v) is 4.01. The molecule has 0 fully saturated rings. The first-order valence-electron chi connectivity index (χ1n) is 8.07. The van der Waals surface area contributed by atoms with Crippen LogP contribution < -0.4 is 11.1 Å². The topological polar surface area (TPSA) is 103 Å². The Labute approximate surface area is 173 Å². The van der Waals surface area contributed by atoms with E-state index in [1.165, 1.54) is 35.2 Å². The summed E-state index contributed by atoms with van der Waals surface area (Å²) in [5, 5.41) is 13.5. The van der Waals surface area contributed by atoms with E-state index in [2.05, 4.69) is 15.5 Å². The highest BCUT2D eigenvalue weighted by molar-refractivity contribution is 7.99. The van der Waals surface area contributed by atoms with Crippen molar-refractivity contribution in [1.82, 2.24) is 14.8 Å². The molecule has 3 rings (SSSR count). The third-order valence-corrected chi connectivity index (χ3v) is 5.72. The largest absolute Gasteiger partial charge is 0.370 e. The first kappa shape index (κ1) is 20.3. The van der Waals surface area contributed by atoms with Gasteiger partial charge in [-0.15, -0.1) is 21.5 Å². The Morgan fingerprint density at radius 1 is 1.32 bits per heavy atom. The molecule has 0 aliphatic rings. The molecule has 11 heteroatoms. The number of hydrogen-bond acceptors (Lipinski definition) is 6. The van der Waals surface area contributed by atoms with Gasteiger partial charge in [0.1, 0.15) is 5.82 Å². The Morgan fingerprint density at radius 3 is 2.82 bits per heavy atom. The van der Waals surface area contributed by atoms with E-state index in [4.69, 9.17) is 17.3 Å². The molecule has 3 aromatic rings. The minimum atomic E-state index is -0.485. The van der Waals surface area contributed by atoms with Crippen molar-refractivity contribution in [2.45, 2.75) is 18.1 Å². The van der Waals surface area contributed by atoms with E-state index in [-0.39, 0.29) is 23.1 Å². The molecule has 0 unspecified atom stereocenters. The monoisotopic (exact) mass is 439 g/mol. The second-order valence-corrected chi connectivity index (χ2v) is 7.91. The highest BCUT2D eigenvalue weighted by atomic mass is 35.5. The quantitative estimate of drug-likeness (QED) is 0.523. The minimum absolute atomic E-state index is 0.0346. The predicted octanol–water partition coefficient (Wildman–Crippen LogP) is 3.41. The van der Waals surface area contributed by atoms with E-state index >= 15 is 0 Å². The second-order valence-electron chi connectivity index (χ2n) is 5.61. The summed E-state index contributed by atoms with van der Waals surface area (Å²) in [4.78, 5) is 24.3. The Balaban J connectivity index is 1.70. The fourth-order valence-electron chi connectivity index (χ4n) is 2.31. The molecule has 0 saturated carbocycles. The van der Waals surface area contributed by atoms with E-state index in [0.717, 1.165) is 10.9 Å². The van der Waals surface area contributed by atoms with Crippen LogP contribution in [0.2, 0.25) is 5.02 Å². The molecule has 2 amide bonds. The van der Waals surface area contributed by atoms with Gasteiger partial charge in [-0.2, -0.15) is 0 Å². The van der Waals surface area contributed by atoms with Crippen molar-refractivity contribution in [3.63, 3.8) is 0 Å². The van der Waals surface area contributed by atoms with Crippen LogP contribution in [-0.2, 0) is 16.1 Å². The zero-order chi connectivity index (χ0) is 20.1. The second kappa shape index (κ2) is 9.18. The fraction of sp³-hybridized carbons (Fsp3) is 0.176. The number of carbonyl (C=O) groups is 2. The van der Waals surface area contributed by atoms with Gasteiger partial charge >= 0.3 is 0 Å². The maximum Gasteiger partial charge on any atom is 0.234 e. The van der Waals surface area contributed by atoms with E-state index in [0.29, 0.717) is 23.2 Å². The maximum absolute atomic E-state index is 13.1.